The fourth-order valence-electron chi connectivity index (χ4n) is 1.26. The van der Waals surface area contributed by atoms with E-state index in [0.29, 0.717) is 10.3 Å². The van der Waals surface area contributed by atoms with Crippen molar-refractivity contribution in [1.82, 2.24) is 20.0 Å². The quantitative estimate of drug-likeness (QED) is 0.786. The molecule has 0 N–H and O–H groups in total. The van der Waals surface area contributed by atoms with Crippen LogP contribution in [0.25, 0.3) is 5.82 Å². The van der Waals surface area contributed by atoms with Crippen LogP contribution in [0.2, 0.25) is 0 Å². The molecule has 0 aliphatic rings. The Morgan fingerprint density at radius 3 is 2.82 bits per heavy atom. The molecular formula is C10H9BrN4O2. The first-order valence-corrected chi connectivity index (χ1v) is 5.55. The fourth-order valence-corrected chi connectivity index (χ4v) is 1.64. The maximum atomic E-state index is 11.5. The Kier molecular flexibility index (Phi) is 3.19. The second-order valence-electron chi connectivity index (χ2n) is 3.30. The molecule has 0 spiro atoms. The van der Waals surface area contributed by atoms with Crippen LogP contribution in [0.3, 0.4) is 0 Å². The van der Waals surface area contributed by atoms with Gasteiger partial charge >= 0.3 is 5.97 Å². The molecule has 0 unspecified atom stereocenters. The first kappa shape index (κ1) is 11.7. The largest absolute Gasteiger partial charge is 0.464 e. The van der Waals surface area contributed by atoms with Gasteiger partial charge < -0.3 is 4.74 Å². The lowest BCUT2D eigenvalue weighted by Crippen LogP contribution is -2.08. The van der Waals surface area contributed by atoms with Gasteiger partial charge in [0.05, 0.1) is 23.5 Å². The Morgan fingerprint density at radius 1 is 1.47 bits per heavy atom. The summed E-state index contributed by atoms with van der Waals surface area (Å²) < 4.78 is 6.70. The van der Waals surface area contributed by atoms with Crippen LogP contribution in [0.4, 0.5) is 0 Å². The van der Waals surface area contributed by atoms with Crippen molar-refractivity contribution in [3.63, 3.8) is 0 Å². The Morgan fingerprint density at radius 2 is 2.24 bits per heavy atom. The number of halogens is 1. The molecule has 0 fully saturated rings. The van der Waals surface area contributed by atoms with Crippen molar-refractivity contribution in [2.75, 3.05) is 7.11 Å². The summed E-state index contributed by atoms with van der Waals surface area (Å²) in [6, 6.07) is 3.44. The number of hydrogen-bond acceptors (Lipinski definition) is 5. The van der Waals surface area contributed by atoms with Crippen molar-refractivity contribution >= 4 is 21.9 Å². The zero-order valence-electron chi connectivity index (χ0n) is 9.22. The molecule has 0 radical (unpaired) electrons. The summed E-state index contributed by atoms with van der Waals surface area (Å²) in [6.45, 7) is 1.82. The minimum atomic E-state index is -0.504. The summed E-state index contributed by atoms with van der Waals surface area (Å²) in [6.07, 6.45) is 1.72. The van der Waals surface area contributed by atoms with Crippen molar-refractivity contribution in [3.8, 4) is 5.82 Å². The van der Waals surface area contributed by atoms with Crippen LogP contribution in [0, 0.1) is 6.92 Å². The number of methoxy groups -OCH3 is 1. The highest BCUT2D eigenvalue weighted by Gasteiger charge is 2.14. The highest BCUT2D eigenvalue weighted by atomic mass is 79.9. The van der Waals surface area contributed by atoms with E-state index in [4.69, 9.17) is 0 Å². The fraction of sp³-hybridized carbons (Fsp3) is 0.200. The molecule has 6 nitrogen and oxygen atoms in total. The first-order valence-electron chi connectivity index (χ1n) is 4.76. The van der Waals surface area contributed by atoms with Crippen molar-refractivity contribution in [2.45, 2.75) is 6.92 Å². The van der Waals surface area contributed by atoms with Gasteiger partial charge in [-0.3, -0.25) is 0 Å². The van der Waals surface area contributed by atoms with E-state index < -0.39 is 5.97 Å². The van der Waals surface area contributed by atoms with Gasteiger partial charge in [0, 0.05) is 0 Å². The zero-order valence-corrected chi connectivity index (χ0v) is 10.8. The molecule has 0 aliphatic heterocycles. The van der Waals surface area contributed by atoms with Crippen LogP contribution in [0.5, 0.6) is 0 Å². The third-order valence-corrected chi connectivity index (χ3v) is 2.69. The highest BCUT2D eigenvalue weighted by Crippen LogP contribution is 2.17. The summed E-state index contributed by atoms with van der Waals surface area (Å²) in [7, 11) is 1.31. The number of aryl methyl sites for hydroxylation is 1. The summed E-state index contributed by atoms with van der Waals surface area (Å²) in [5, 5.41) is 7.73. The number of rotatable bonds is 2. The number of aromatic nitrogens is 4. The van der Waals surface area contributed by atoms with Crippen molar-refractivity contribution < 1.29 is 9.53 Å². The topological polar surface area (TPSA) is 69.9 Å². The van der Waals surface area contributed by atoms with Crippen LogP contribution in [-0.4, -0.2) is 33.1 Å². The van der Waals surface area contributed by atoms with E-state index in [2.05, 4.69) is 36.0 Å². The maximum Gasteiger partial charge on any atom is 0.357 e. The van der Waals surface area contributed by atoms with Gasteiger partial charge in [0.25, 0.3) is 0 Å². The number of carbonyl (C=O) groups excluding carboxylic acids is 1. The van der Waals surface area contributed by atoms with E-state index >= 15 is 0 Å². The molecule has 2 aromatic heterocycles. The van der Waals surface area contributed by atoms with E-state index in [1.165, 1.54) is 11.8 Å². The Bertz CT molecular complexity index is 567. The van der Waals surface area contributed by atoms with Gasteiger partial charge in [-0.25, -0.2) is 14.5 Å². The van der Waals surface area contributed by atoms with E-state index in [9.17, 15) is 4.79 Å². The average Bonchev–Trinajstić information content (AvgIpc) is 2.75. The SMILES string of the molecule is COC(=O)c1nc(-n2cc(C)nn2)ccc1Br. The monoisotopic (exact) mass is 296 g/mol. The van der Waals surface area contributed by atoms with Crippen molar-refractivity contribution in [2.24, 2.45) is 0 Å². The van der Waals surface area contributed by atoms with Crippen LogP contribution < -0.4 is 0 Å². The number of hydrogen-bond donors (Lipinski definition) is 0. The van der Waals surface area contributed by atoms with Crippen LogP contribution in [0.15, 0.2) is 22.8 Å². The molecule has 0 saturated carbocycles. The maximum absolute atomic E-state index is 11.5. The smallest absolute Gasteiger partial charge is 0.357 e. The van der Waals surface area contributed by atoms with Crippen molar-refractivity contribution in [3.05, 3.63) is 34.2 Å². The Labute approximate surface area is 106 Å². The summed E-state index contributed by atoms with van der Waals surface area (Å²) >= 11 is 3.24. The molecule has 17 heavy (non-hydrogen) atoms. The molecular weight excluding hydrogens is 288 g/mol. The van der Waals surface area contributed by atoms with Gasteiger partial charge in [0.2, 0.25) is 0 Å². The Hall–Kier alpha value is -1.76. The molecule has 2 rings (SSSR count). The summed E-state index contributed by atoms with van der Waals surface area (Å²) in [4.78, 5) is 15.6. The van der Waals surface area contributed by atoms with Gasteiger partial charge in [-0.1, -0.05) is 5.21 Å². The number of nitrogens with zero attached hydrogens (tertiary/aromatic N) is 4. The highest BCUT2D eigenvalue weighted by molar-refractivity contribution is 9.10. The number of carbonyl (C=O) groups is 1. The number of pyridine rings is 1. The normalized spacial score (nSPS) is 10.3. The molecule has 88 valence electrons. The van der Waals surface area contributed by atoms with Gasteiger partial charge in [-0.15, -0.1) is 5.10 Å². The van der Waals surface area contributed by atoms with E-state index in [0.717, 1.165) is 5.69 Å². The van der Waals surface area contributed by atoms with E-state index in [1.54, 1.807) is 18.3 Å². The lowest BCUT2D eigenvalue weighted by Gasteiger charge is -2.04. The minimum Gasteiger partial charge on any atom is -0.464 e. The van der Waals surface area contributed by atoms with Gasteiger partial charge in [-0.05, 0) is 35.0 Å². The molecule has 0 aromatic carbocycles. The van der Waals surface area contributed by atoms with Gasteiger partial charge in [-0.2, -0.15) is 0 Å². The summed E-state index contributed by atoms with van der Waals surface area (Å²) in [5.74, 6) is 0.00441. The van der Waals surface area contributed by atoms with E-state index in [-0.39, 0.29) is 5.69 Å². The predicted octanol–water partition coefficient (Wildman–Crippen LogP) is 1.52. The Balaban J connectivity index is 2.47. The predicted molar refractivity (Wildman–Crippen MR) is 62.9 cm³/mol. The van der Waals surface area contributed by atoms with Crippen LogP contribution in [-0.2, 0) is 4.74 Å². The van der Waals surface area contributed by atoms with Crippen molar-refractivity contribution in [1.29, 1.82) is 0 Å². The zero-order chi connectivity index (χ0) is 12.4. The average molecular weight is 297 g/mol. The number of ether oxygens (including phenoxy) is 1. The molecule has 2 heterocycles. The summed E-state index contributed by atoms with van der Waals surface area (Å²) in [5.41, 5.74) is 0.979. The van der Waals surface area contributed by atoms with Gasteiger partial charge in [0.15, 0.2) is 11.5 Å². The second kappa shape index (κ2) is 4.62. The van der Waals surface area contributed by atoms with E-state index in [1.807, 2.05) is 6.92 Å². The molecule has 0 bridgehead atoms. The molecule has 7 heteroatoms. The molecule has 2 aromatic rings. The lowest BCUT2D eigenvalue weighted by atomic mass is 10.3. The number of esters is 1. The lowest BCUT2D eigenvalue weighted by molar-refractivity contribution is 0.0593. The minimum absolute atomic E-state index is 0.207. The third-order valence-electron chi connectivity index (χ3n) is 2.05. The third kappa shape index (κ3) is 2.33. The standard InChI is InChI=1S/C10H9BrN4O2/c1-6-5-15(14-13-6)8-4-3-7(11)9(12-8)10(16)17-2/h3-5H,1-2H3. The molecule has 0 atom stereocenters. The van der Waals surface area contributed by atoms with Gasteiger partial charge in [0.1, 0.15) is 0 Å². The first-order chi connectivity index (χ1) is 8.11. The molecule has 0 saturated heterocycles. The van der Waals surface area contributed by atoms with Crippen LogP contribution >= 0.6 is 15.9 Å². The molecule has 0 aliphatic carbocycles. The van der Waals surface area contributed by atoms with Crippen LogP contribution in [0.1, 0.15) is 16.2 Å². The second-order valence-corrected chi connectivity index (χ2v) is 4.15. The molecule has 0 amide bonds.